The minimum atomic E-state index is -4.58. The van der Waals surface area contributed by atoms with E-state index in [2.05, 4.69) is 63.3 Å². The summed E-state index contributed by atoms with van der Waals surface area (Å²) < 4.78 is 49.4. The van der Waals surface area contributed by atoms with E-state index in [0.29, 0.717) is 25.3 Å². The van der Waals surface area contributed by atoms with Crippen molar-refractivity contribution in [3.8, 4) is 6.07 Å². The first kappa shape index (κ1) is 29.0. The monoisotopic (exact) mass is 532 g/mol. The van der Waals surface area contributed by atoms with Gasteiger partial charge in [0.05, 0.1) is 47.6 Å². The summed E-state index contributed by atoms with van der Waals surface area (Å²) in [6, 6.07) is 5.66. The van der Waals surface area contributed by atoms with Gasteiger partial charge in [0.1, 0.15) is 0 Å². The normalized spacial score (nSPS) is 17.0. The zero-order valence-electron chi connectivity index (χ0n) is 23.2. The maximum atomic E-state index is 13.6. The number of anilines is 1. The molecule has 5 nitrogen and oxygen atoms in total. The summed E-state index contributed by atoms with van der Waals surface area (Å²) in [6.45, 7) is 18.5. The summed E-state index contributed by atoms with van der Waals surface area (Å²) >= 11 is 0. The van der Waals surface area contributed by atoms with Crippen LogP contribution in [0.15, 0.2) is 36.8 Å². The highest BCUT2D eigenvalue weighted by Gasteiger charge is 2.39. The van der Waals surface area contributed by atoms with Gasteiger partial charge in [-0.3, -0.25) is 0 Å². The number of hydrogen-bond donors (Lipinski definition) is 0. The fourth-order valence-electron chi connectivity index (χ4n) is 4.50. The van der Waals surface area contributed by atoms with E-state index >= 15 is 0 Å². The highest BCUT2D eigenvalue weighted by Crippen LogP contribution is 2.40. The van der Waals surface area contributed by atoms with Crippen LogP contribution in [0.5, 0.6) is 0 Å². The minimum Gasteiger partial charge on any atom is -0.414 e. The molecular formula is C28H39F3N4OSi. The second-order valence-corrected chi connectivity index (χ2v) is 16.8. The van der Waals surface area contributed by atoms with Crippen molar-refractivity contribution in [2.75, 3.05) is 18.1 Å². The van der Waals surface area contributed by atoms with Crippen molar-refractivity contribution in [2.24, 2.45) is 0 Å². The first-order valence-corrected chi connectivity index (χ1v) is 15.7. The van der Waals surface area contributed by atoms with Gasteiger partial charge in [-0.05, 0) is 75.5 Å². The number of nitrogens with zero attached hydrogens (tertiary/aromatic N) is 4. The Morgan fingerprint density at radius 2 is 1.86 bits per heavy atom. The van der Waals surface area contributed by atoms with Crippen LogP contribution in [0.3, 0.4) is 0 Å². The smallest absolute Gasteiger partial charge is 0.414 e. The number of aromatic nitrogens is 2. The zero-order valence-corrected chi connectivity index (χ0v) is 24.2. The van der Waals surface area contributed by atoms with Crippen LogP contribution in [0.4, 0.5) is 18.9 Å². The van der Waals surface area contributed by atoms with Gasteiger partial charge in [0.2, 0.25) is 0 Å². The van der Waals surface area contributed by atoms with Crippen LogP contribution in [0, 0.1) is 11.3 Å². The molecule has 1 heterocycles. The Bertz CT molecular complexity index is 1190. The molecule has 3 rings (SSSR count). The van der Waals surface area contributed by atoms with Crippen LogP contribution in [0.2, 0.25) is 18.1 Å². The average Bonchev–Trinajstić information content (AvgIpc) is 3.47. The second kappa shape index (κ2) is 10.3. The highest BCUT2D eigenvalue weighted by atomic mass is 28.4. The molecule has 0 saturated heterocycles. The zero-order chi connectivity index (χ0) is 27.8. The van der Waals surface area contributed by atoms with Crippen molar-refractivity contribution < 1.29 is 17.6 Å². The molecule has 1 aliphatic rings. The molecule has 1 aliphatic carbocycles. The third kappa shape index (κ3) is 6.12. The number of hydrogen-bond acceptors (Lipinski definition) is 4. The van der Waals surface area contributed by atoms with E-state index < -0.39 is 20.1 Å². The van der Waals surface area contributed by atoms with E-state index in [0.717, 1.165) is 23.8 Å². The summed E-state index contributed by atoms with van der Waals surface area (Å²) in [5.74, 6) is 0. The van der Waals surface area contributed by atoms with Gasteiger partial charge in [0.15, 0.2) is 8.32 Å². The molecule has 1 unspecified atom stereocenters. The first-order chi connectivity index (χ1) is 17.0. The third-order valence-electron chi connectivity index (χ3n) is 7.85. The Morgan fingerprint density at radius 1 is 1.19 bits per heavy atom. The summed E-state index contributed by atoms with van der Waals surface area (Å²) in [7, 11) is -1.92. The van der Waals surface area contributed by atoms with Gasteiger partial charge in [-0.25, -0.2) is 4.98 Å². The number of alkyl halides is 3. The molecule has 0 N–H and O–H groups in total. The highest BCUT2D eigenvalue weighted by molar-refractivity contribution is 6.74. The van der Waals surface area contributed by atoms with Gasteiger partial charge in [-0.1, -0.05) is 26.8 Å². The Morgan fingerprint density at radius 3 is 2.43 bits per heavy atom. The number of rotatable bonds is 8. The third-order valence-corrected chi connectivity index (χ3v) is 12.3. The molecular weight excluding hydrogens is 493 g/mol. The lowest BCUT2D eigenvalue weighted by Crippen LogP contribution is -2.45. The average molecular weight is 533 g/mol. The van der Waals surface area contributed by atoms with Crippen molar-refractivity contribution in [3.05, 3.63) is 53.6 Å². The SMILES string of the molecule is CCN(c1ccc(C#N)c(C(F)(F)F)c1)C1CC=C(c2cncn2C(C)(C)CO[Si](C)(C)C(C)(C)C)C1. The molecule has 1 aromatic carbocycles. The van der Waals surface area contributed by atoms with E-state index in [-0.39, 0.29) is 22.2 Å². The molecule has 0 fully saturated rings. The van der Waals surface area contributed by atoms with E-state index in [1.54, 1.807) is 12.1 Å². The first-order valence-electron chi connectivity index (χ1n) is 12.8. The fraction of sp³-hybridized carbons (Fsp3) is 0.571. The van der Waals surface area contributed by atoms with Gasteiger partial charge < -0.3 is 13.9 Å². The minimum absolute atomic E-state index is 0.0176. The van der Waals surface area contributed by atoms with Crippen molar-refractivity contribution in [1.29, 1.82) is 5.26 Å². The lowest BCUT2D eigenvalue weighted by atomic mass is 10.0. The topological polar surface area (TPSA) is 54.1 Å². The van der Waals surface area contributed by atoms with Gasteiger partial charge >= 0.3 is 6.18 Å². The Labute approximate surface area is 220 Å². The molecule has 0 amide bonds. The Kier molecular flexibility index (Phi) is 8.07. The molecule has 0 bridgehead atoms. The quantitative estimate of drug-likeness (QED) is 0.329. The van der Waals surface area contributed by atoms with Crippen LogP contribution >= 0.6 is 0 Å². The van der Waals surface area contributed by atoms with Crippen LogP contribution in [0.25, 0.3) is 5.57 Å². The summed E-state index contributed by atoms with van der Waals surface area (Å²) in [4.78, 5) is 6.43. The molecule has 0 aliphatic heterocycles. The van der Waals surface area contributed by atoms with Crippen LogP contribution in [-0.4, -0.2) is 37.1 Å². The number of benzene rings is 1. The van der Waals surface area contributed by atoms with E-state index in [1.807, 2.05) is 24.3 Å². The number of nitriles is 1. The fourth-order valence-corrected chi connectivity index (χ4v) is 5.65. The van der Waals surface area contributed by atoms with Gasteiger partial charge in [0.25, 0.3) is 0 Å². The van der Waals surface area contributed by atoms with Crippen molar-refractivity contribution in [2.45, 2.75) is 90.3 Å². The molecule has 0 saturated carbocycles. The lowest BCUT2D eigenvalue weighted by molar-refractivity contribution is -0.137. The molecule has 37 heavy (non-hydrogen) atoms. The van der Waals surface area contributed by atoms with Crippen molar-refractivity contribution in [1.82, 2.24) is 9.55 Å². The van der Waals surface area contributed by atoms with Crippen molar-refractivity contribution in [3.63, 3.8) is 0 Å². The molecule has 1 aromatic heterocycles. The summed E-state index contributed by atoms with van der Waals surface area (Å²) in [5, 5.41) is 9.26. The maximum Gasteiger partial charge on any atom is 0.417 e. The van der Waals surface area contributed by atoms with E-state index in [9.17, 15) is 13.2 Å². The van der Waals surface area contributed by atoms with Gasteiger partial charge in [-0.2, -0.15) is 18.4 Å². The van der Waals surface area contributed by atoms with Gasteiger partial charge in [-0.15, -0.1) is 0 Å². The summed E-state index contributed by atoms with van der Waals surface area (Å²) in [5.41, 5.74) is 1.05. The molecule has 0 spiro atoms. The molecule has 0 radical (unpaired) electrons. The molecule has 9 heteroatoms. The molecule has 1 atom stereocenters. The van der Waals surface area contributed by atoms with Crippen LogP contribution in [-0.2, 0) is 16.1 Å². The second-order valence-electron chi connectivity index (χ2n) is 12.0. The number of imidazole rings is 1. The standard InChI is InChI=1S/C28H39F3N4OSi/c1-9-34(23-13-11-21(16-32)24(15-23)28(29,30)31)22-12-10-20(14-22)25-17-33-19-35(25)27(5,6)18-36-37(7,8)26(2,3)4/h10-11,13,15,17,19,22H,9,12,14,18H2,1-8H3. The Balaban J connectivity index is 1.81. The number of halogens is 3. The largest absolute Gasteiger partial charge is 0.417 e. The molecule has 202 valence electrons. The molecule has 2 aromatic rings. The lowest BCUT2D eigenvalue weighted by Gasteiger charge is -2.39. The van der Waals surface area contributed by atoms with Crippen LogP contribution in [0.1, 0.15) is 71.2 Å². The predicted molar refractivity (Wildman–Crippen MR) is 145 cm³/mol. The van der Waals surface area contributed by atoms with Crippen molar-refractivity contribution >= 4 is 19.6 Å². The van der Waals surface area contributed by atoms with E-state index in [4.69, 9.17) is 9.69 Å². The van der Waals surface area contributed by atoms with Crippen LogP contribution < -0.4 is 4.90 Å². The Hall–Kier alpha value is -2.57. The maximum absolute atomic E-state index is 13.6. The van der Waals surface area contributed by atoms with E-state index in [1.165, 1.54) is 6.07 Å². The van der Waals surface area contributed by atoms with Gasteiger partial charge in [0, 0.05) is 18.3 Å². The summed E-state index contributed by atoms with van der Waals surface area (Å²) in [6.07, 6.45) is 2.70. The predicted octanol–water partition coefficient (Wildman–Crippen LogP) is 7.60.